The number of nitrogens with one attached hydrogen (secondary N) is 1. The number of rotatable bonds is 6. The van der Waals surface area contributed by atoms with Crippen molar-refractivity contribution in [1.29, 1.82) is 0 Å². The zero-order valence-electron chi connectivity index (χ0n) is 8.76. The first-order valence-electron chi connectivity index (χ1n) is 4.49. The van der Waals surface area contributed by atoms with Crippen LogP contribution in [0.1, 0.15) is 27.7 Å². The van der Waals surface area contributed by atoms with E-state index in [0.717, 1.165) is 0 Å². The van der Waals surface area contributed by atoms with Crippen molar-refractivity contribution in [2.45, 2.75) is 39.3 Å². The molecule has 0 saturated carbocycles. The van der Waals surface area contributed by atoms with Crippen LogP contribution in [0.3, 0.4) is 0 Å². The highest BCUT2D eigenvalue weighted by Gasteiger charge is 2.20. The van der Waals surface area contributed by atoms with Crippen LogP contribution in [-0.2, 0) is 9.53 Å². The molecule has 1 unspecified atom stereocenters. The molecule has 13 heavy (non-hydrogen) atoms. The van der Waals surface area contributed by atoms with Gasteiger partial charge in [0.2, 0.25) is 0 Å². The van der Waals surface area contributed by atoms with E-state index >= 15 is 0 Å². The topological polar surface area (TPSA) is 58.6 Å². The highest BCUT2D eigenvalue weighted by molar-refractivity contribution is 5.72. The average molecular weight is 189 g/mol. The van der Waals surface area contributed by atoms with Crippen LogP contribution in [0.5, 0.6) is 0 Å². The predicted octanol–water partition coefficient (Wildman–Crippen LogP) is 0.864. The van der Waals surface area contributed by atoms with Gasteiger partial charge in [0.05, 0.1) is 5.60 Å². The van der Waals surface area contributed by atoms with Gasteiger partial charge in [-0.1, -0.05) is 0 Å². The molecule has 2 N–H and O–H groups in total. The van der Waals surface area contributed by atoms with Crippen LogP contribution >= 0.6 is 0 Å². The predicted molar refractivity (Wildman–Crippen MR) is 50.8 cm³/mol. The van der Waals surface area contributed by atoms with E-state index < -0.39 is 12.0 Å². The van der Waals surface area contributed by atoms with Crippen molar-refractivity contribution in [3.63, 3.8) is 0 Å². The summed E-state index contributed by atoms with van der Waals surface area (Å²) < 4.78 is 5.40. The first-order chi connectivity index (χ1) is 5.89. The molecule has 0 bridgehead atoms. The fourth-order valence-electron chi connectivity index (χ4n) is 0.928. The van der Waals surface area contributed by atoms with Crippen molar-refractivity contribution in [2.24, 2.45) is 0 Å². The fourth-order valence-corrected chi connectivity index (χ4v) is 0.928. The van der Waals surface area contributed by atoms with Gasteiger partial charge in [0.1, 0.15) is 6.04 Å². The second-order valence-electron chi connectivity index (χ2n) is 3.63. The summed E-state index contributed by atoms with van der Waals surface area (Å²) in [7, 11) is 0. The lowest BCUT2D eigenvalue weighted by molar-refractivity contribution is -0.139. The number of aliphatic carboxylic acids is 1. The number of hydrogen-bond donors (Lipinski definition) is 2. The van der Waals surface area contributed by atoms with Crippen LogP contribution in [0.15, 0.2) is 0 Å². The molecule has 0 fully saturated rings. The highest BCUT2D eigenvalue weighted by Crippen LogP contribution is 2.06. The minimum Gasteiger partial charge on any atom is -0.480 e. The Bertz CT molecular complexity index is 168. The van der Waals surface area contributed by atoms with E-state index in [2.05, 4.69) is 5.32 Å². The number of carboxylic acid groups (broad SMARTS) is 1. The summed E-state index contributed by atoms with van der Waals surface area (Å²) in [6.07, 6.45) is 0. The van der Waals surface area contributed by atoms with Gasteiger partial charge in [-0.2, -0.15) is 0 Å². The Labute approximate surface area is 79.3 Å². The number of hydrogen-bond acceptors (Lipinski definition) is 3. The van der Waals surface area contributed by atoms with Crippen molar-refractivity contribution in [1.82, 2.24) is 5.32 Å². The summed E-state index contributed by atoms with van der Waals surface area (Å²) in [4.78, 5) is 10.5. The summed E-state index contributed by atoms with van der Waals surface area (Å²) in [6.45, 7) is 8.56. The lowest BCUT2D eigenvalue weighted by Crippen LogP contribution is -2.44. The number of ether oxygens (including phenoxy) is 1. The van der Waals surface area contributed by atoms with E-state index in [1.54, 1.807) is 6.92 Å². The molecule has 0 saturated heterocycles. The van der Waals surface area contributed by atoms with Gasteiger partial charge in [0.25, 0.3) is 0 Å². The van der Waals surface area contributed by atoms with Crippen LogP contribution in [-0.4, -0.2) is 35.9 Å². The standard InChI is InChI=1S/C9H19NO3/c1-5-13-9(3,4)6-10-7(2)8(11)12/h7,10H,5-6H2,1-4H3,(H,11,12). The molecule has 4 heteroatoms. The quantitative estimate of drug-likeness (QED) is 0.650. The Balaban J connectivity index is 3.80. The van der Waals surface area contributed by atoms with Crippen LogP contribution in [0.2, 0.25) is 0 Å². The molecular weight excluding hydrogens is 170 g/mol. The zero-order valence-corrected chi connectivity index (χ0v) is 8.76. The molecule has 0 aliphatic carbocycles. The molecule has 0 rings (SSSR count). The van der Waals surface area contributed by atoms with E-state index in [1.807, 2.05) is 20.8 Å². The molecule has 0 aliphatic heterocycles. The van der Waals surface area contributed by atoms with E-state index in [0.29, 0.717) is 13.2 Å². The second kappa shape index (κ2) is 5.19. The molecule has 0 aliphatic rings. The van der Waals surface area contributed by atoms with E-state index in [9.17, 15) is 4.79 Å². The molecule has 0 aromatic carbocycles. The van der Waals surface area contributed by atoms with Crippen LogP contribution in [0.4, 0.5) is 0 Å². The summed E-state index contributed by atoms with van der Waals surface area (Å²) in [6, 6.07) is -0.528. The Hall–Kier alpha value is -0.610. The van der Waals surface area contributed by atoms with E-state index in [4.69, 9.17) is 9.84 Å². The van der Waals surface area contributed by atoms with Gasteiger partial charge in [-0.25, -0.2) is 0 Å². The lowest BCUT2D eigenvalue weighted by Gasteiger charge is -2.26. The van der Waals surface area contributed by atoms with Crippen molar-refractivity contribution < 1.29 is 14.6 Å². The van der Waals surface area contributed by atoms with Gasteiger partial charge in [-0.05, 0) is 27.7 Å². The maximum absolute atomic E-state index is 10.5. The molecular formula is C9H19NO3. The normalized spacial score (nSPS) is 14.2. The molecule has 0 aromatic rings. The van der Waals surface area contributed by atoms with E-state index in [-0.39, 0.29) is 5.60 Å². The summed E-state index contributed by atoms with van der Waals surface area (Å²) >= 11 is 0. The maximum Gasteiger partial charge on any atom is 0.320 e. The highest BCUT2D eigenvalue weighted by atomic mass is 16.5. The third-order valence-electron chi connectivity index (χ3n) is 1.74. The molecule has 0 amide bonds. The minimum atomic E-state index is -0.840. The van der Waals surface area contributed by atoms with Crippen molar-refractivity contribution in [2.75, 3.05) is 13.2 Å². The second-order valence-corrected chi connectivity index (χ2v) is 3.63. The molecule has 0 radical (unpaired) electrons. The fraction of sp³-hybridized carbons (Fsp3) is 0.889. The monoisotopic (exact) mass is 189 g/mol. The zero-order chi connectivity index (χ0) is 10.5. The van der Waals surface area contributed by atoms with Crippen molar-refractivity contribution in [3.05, 3.63) is 0 Å². The molecule has 0 aromatic heterocycles. The smallest absolute Gasteiger partial charge is 0.320 e. The van der Waals surface area contributed by atoms with Crippen LogP contribution < -0.4 is 5.32 Å². The average Bonchev–Trinajstić information content (AvgIpc) is 2.00. The SMILES string of the molecule is CCOC(C)(C)CNC(C)C(=O)O. The largest absolute Gasteiger partial charge is 0.480 e. The third-order valence-corrected chi connectivity index (χ3v) is 1.74. The first kappa shape index (κ1) is 12.4. The summed E-state index contributed by atoms with van der Waals surface area (Å²) in [5, 5.41) is 11.5. The molecule has 78 valence electrons. The van der Waals surface area contributed by atoms with Gasteiger partial charge in [-0.3, -0.25) is 4.79 Å². The van der Waals surface area contributed by atoms with Gasteiger partial charge in [-0.15, -0.1) is 0 Å². The van der Waals surface area contributed by atoms with E-state index in [1.165, 1.54) is 0 Å². The lowest BCUT2D eigenvalue weighted by atomic mass is 10.1. The summed E-state index contributed by atoms with van der Waals surface area (Å²) in [5.74, 6) is -0.840. The Morgan fingerprint density at radius 2 is 2.15 bits per heavy atom. The third kappa shape index (κ3) is 5.60. The maximum atomic E-state index is 10.5. The van der Waals surface area contributed by atoms with Gasteiger partial charge >= 0.3 is 5.97 Å². The Morgan fingerprint density at radius 3 is 2.54 bits per heavy atom. The van der Waals surface area contributed by atoms with Gasteiger partial charge in [0.15, 0.2) is 0 Å². The Morgan fingerprint density at radius 1 is 1.62 bits per heavy atom. The minimum absolute atomic E-state index is 0.307. The number of carboxylic acids is 1. The molecule has 0 heterocycles. The van der Waals surface area contributed by atoms with Gasteiger partial charge < -0.3 is 15.2 Å². The molecule has 4 nitrogen and oxygen atoms in total. The summed E-state index contributed by atoms with van der Waals surface area (Å²) in [5.41, 5.74) is -0.307. The van der Waals surface area contributed by atoms with Crippen LogP contribution in [0.25, 0.3) is 0 Å². The molecule has 0 spiro atoms. The van der Waals surface area contributed by atoms with Gasteiger partial charge in [0, 0.05) is 13.2 Å². The van der Waals surface area contributed by atoms with Crippen molar-refractivity contribution >= 4 is 5.97 Å². The Kier molecular flexibility index (Phi) is 4.95. The van der Waals surface area contributed by atoms with Crippen molar-refractivity contribution in [3.8, 4) is 0 Å². The molecule has 1 atom stereocenters. The number of carbonyl (C=O) groups is 1. The first-order valence-corrected chi connectivity index (χ1v) is 4.49. The van der Waals surface area contributed by atoms with Crippen LogP contribution in [0, 0.1) is 0 Å².